The highest BCUT2D eigenvalue weighted by molar-refractivity contribution is 5.95. The van der Waals surface area contributed by atoms with Crippen molar-refractivity contribution >= 4 is 11.7 Å². The van der Waals surface area contributed by atoms with Crippen LogP contribution in [-0.4, -0.2) is 22.4 Å². The van der Waals surface area contributed by atoms with E-state index in [2.05, 4.69) is 25.7 Å². The van der Waals surface area contributed by atoms with Crippen LogP contribution in [0.15, 0.2) is 16.7 Å². The number of carbonyl (C=O) groups excluding carboxylic acids is 1. The number of hydrogen-bond acceptors (Lipinski definition) is 4. The highest BCUT2D eigenvalue weighted by Gasteiger charge is 2.09. The van der Waals surface area contributed by atoms with Crippen molar-refractivity contribution in [3.63, 3.8) is 0 Å². The first kappa shape index (κ1) is 10.2. The number of primary amides is 1. The van der Waals surface area contributed by atoms with Crippen LogP contribution in [0.2, 0.25) is 0 Å². The average Bonchev–Trinajstić information content (AvgIpc) is 2.60. The molecule has 1 rings (SSSR count). The van der Waals surface area contributed by atoms with Gasteiger partial charge in [-0.25, -0.2) is 10.4 Å². The van der Waals surface area contributed by atoms with Crippen molar-refractivity contribution < 1.29 is 4.79 Å². The van der Waals surface area contributed by atoms with Crippen molar-refractivity contribution in [3.05, 3.63) is 12.0 Å². The Balaban J connectivity index is 2.58. The maximum absolute atomic E-state index is 10.8. The van der Waals surface area contributed by atoms with Crippen LogP contribution in [0.3, 0.4) is 0 Å². The fraction of sp³-hybridized carbons (Fsp3) is 0.429. The number of nitrogens with zero attached hydrogens (tertiary/aromatic N) is 3. The van der Waals surface area contributed by atoms with Crippen LogP contribution in [-0.2, 0) is 0 Å². The molecule has 0 aliphatic heterocycles. The van der Waals surface area contributed by atoms with Crippen molar-refractivity contribution in [2.75, 3.05) is 12.0 Å². The Morgan fingerprint density at radius 1 is 1.79 bits per heavy atom. The third kappa shape index (κ3) is 2.54. The van der Waals surface area contributed by atoms with Gasteiger partial charge in [-0.2, -0.15) is 5.11 Å². The molecule has 0 atom stereocenters. The summed E-state index contributed by atoms with van der Waals surface area (Å²) >= 11 is 0. The number of imidazole rings is 1. The molecule has 1 aromatic heterocycles. The van der Waals surface area contributed by atoms with Crippen LogP contribution in [0.1, 0.15) is 23.8 Å². The van der Waals surface area contributed by atoms with Gasteiger partial charge in [0.05, 0.1) is 12.9 Å². The smallest absolute Gasteiger partial charge is 0.269 e. The van der Waals surface area contributed by atoms with Gasteiger partial charge in [-0.15, -0.1) is 0 Å². The minimum Gasteiger partial charge on any atom is -0.364 e. The monoisotopic (exact) mass is 196 g/mol. The summed E-state index contributed by atoms with van der Waals surface area (Å²) in [6, 6.07) is 0. The zero-order valence-electron chi connectivity index (χ0n) is 7.82. The van der Waals surface area contributed by atoms with E-state index in [1.54, 1.807) is 0 Å². The number of aromatic amines is 1. The van der Waals surface area contributed by atoms with E-state index in [0.29, 0.717) is 6.54 Å². The first-order chi connectivity index (χ1) is 6.75. The molecule has 0 unspecified atom stereocenters. The Morgan fingerprint density at radius 2 is 2.57 bits per heavy atom. The molecule has 4 N–H and O–H groups in total. The van der Waals surface area contributed by atoms with Crippen LogP contribution in [0.4, 0.5) is 5.82 Å². The van der Waals surface area contributed by atoms with Gasteiger partial charge in [0.2, 0.25) is 0 Å². The van der Waals surface area contributed by atoms with Gasteiger partial charge in [0.25, 0.3) is 5.91 Å². The first-order valence-electron chi connectivity index (χ1n) is 4.21. The topological polar surface area (TPSA) is 109 Å². The van der Waals surface area contributed by atoms with Crippen molar-refractivity contribution in [3.8, 4) is 0 Å². The second kappa shape index (κ2) is 4.95. The number of anilines is 1. The number of rotatable bonds is 5. The number of carbonyl (C=O) groups is 1. The Kier molecular flexibility index (Phi) is 3.59. The highest BCUT2D eigenvalue weighted by Crippen LogP contribution is 2.07. The fourth-order valence-electron chi connectivity index (χ4n) is 0.800. The van der Waals surface area contributed by atoms with E-state index in [0.717, 1.165) is 6.42 Å². The average molecular weight is 196 g/mol. The third-order valence-electron chi connectivity index (χ3n) is 1.44. The summed E-state index contributed by atoms with van der Waals surface area (Å²) in [5, 5.41) is 7.40. The SMILES string of the molecule is CCCN=NNc1nc[nH]c1C(N)=O. The highest BCUT2D eigenvalue weighted by atomic mass is 16.1. The summed E-state index contributed by atoms with van der Waals surface area (Å²) in [5.41, 5.74) is 7.79. The Morgan fingerprint density at radius 3 is 3.21 bits per heavy atom. The van der Waals surface area contributed by atoms with Crippen LogP contribution in [0, 0.1) is 0 Å². The van der Waals surface area contributed by atoms with Crippen LogP contribution in [0.5, 0.6) is 0 Å². The number of hydrogen-bond donors (Lipinski definition) is 3. The Hall–Kier alpha value is -1.92. The van der Waals surface area contributed by atoms with Crippen molar-refractivity contribution in [2.45, 2.75) is 13.3 Å². The van der Waals surface area contributed by atoms with E-state index in [1.165, 1.54) is 6.33 Å². The van der Waals surface area contributed by atoms with Crippen LogP contribution in [0.25, 0.3) is 0 Å². The molecule has 0 aliphatic carbocycles. The van der Waals surface area contributed by atoms with Crippen molar-refractivity contribution in [1.82, 2.24) is 9.97 Å². The predicted octanol–water partition coefficient (Wildman–Crippen LogP) is 0.698. The lowest BCUT2D eigenvalue weighted by atomic mass is 10.4. The molecular formula is C7H12N6O. The lowest BCUT2D eigenvalue weighted by Crippen LogP contribution is -2.13. The van der Waals surface area contributed by atoms with Gasteiger partial charge < -0.3 is 10.7 Å². The summed E-state index contributed by atoms with van der Waals surface area (Å²) in [5.74, 6) is -0.298. The molecule has 7 nitrogen and oxygen atoms in total. The molecule has 1 heterocycles. The summed E-state index contributed by atoms with van der Waals surface area (Å²) in [6.45, 7) is 2.62. The molecule has 76 valence electrons. The second-order valence-corrected chi connectivity index (χ2v) is 2.57. The normalized spacial score (nSPS) is 10.6. The molecule has 14 heavy (non-hydrogen) atoms. The molecule has 0 aliphatic rings. The lowest BCUT2D eigenvalue weighted by molar-refractivity contribution is 0.0997. The van der Waals surface area contributed by atoms with Gasteiger partial charge in [-0.05, 0) is 6.42 Å². The molecule has 7 heteroatoms. The zero-order chi connectivity index (χ0) is 10.4. The minimum absolute atomic E-state index is 0.195. The van der Waals surface area contributed by atoms with Gasteiger partial charge in [-0.3, -0.25) is 4.79 Å². The molecule has 0 fully saturated rings. The van der Waals surface area contributed by atoms with Crippen LogP contribution < -0.4 is 11.2 Å². The molecule has 0 aromatic carbocycles. The van der Waals surface area contributed by atoms with Gasteiger partial charge in [0.15, 0.2) is 5.82 Å². The van der Waals surface area contributed by atoms with E-state index in [9.17, 15) is 4.79 Å². The van der Waals surface area contributed by atoms with E-state index >= 15 is 0 Å². The third-order valence-corrected chi connectivity index (χ3v) is 1.44. The quantitative estimate of drug-likeness (QED) is 0.476. The molecule has 0 bridgehead atoms. The van der Waals surface area contributed by atoms with Gasteiger partial charge >= 0.3 is 0 Å². The van der Waals surface area contributed by atoms with Gasteiger partial charge in [-0.1, -0.05) is 12.1 Å². The number of aromatic nitrogens is 2. The van der Waals surface area contributed by atoms with Crippen LogP contribution >= 0.6 is 0 Å². The van der Waals surface area contributed by atoms with E-state index in [1.807, 2.05) is 6.92 Å². The van der Waals surface area contributed by atoms with E-state index < -0.39 is 5.91 Å². The molecule has 0 saturated heterocycles. The molecule has 0 radical (unpaired) electrons. The van der Waals surface area contributed by atoms with Crippen molar-refractivity contribution in [2.24, 2.45) is 16.1 Å². The molecule has 1 aromatic rings. The maximum Gasteiger partial charge on any atom is 0.269 e. The summed E-state index contributed by atoms with van der Waals surface area (Å²) < 4.78 is 0. The molecule has 0 spiro atoms. The minimum atomic E-state index is -0.587. The first-order valence-corrected chi connectivity index (χ1v) is 4.21. The lowest BCUT2D eigenvalue weighted by Gasteiger charge is -1.95. The number of nitrogens with one attached hydrogen (secondary N) is 2. The number of amides is 1. The second-order valence-electron chi connectivity index (χ2n) is 2.57. The molecular weight excluding hydrogens is 184 g/mol. The summed E-state index contributed by atoms with van der Waals surface area (Å²) in [6.07, 6.45) is 2.27. The number of nitrogens with two attached hydrogens (primary N) is 1. The predicted molar refractivity (Wildman–Crippen MR) is 50.7 cm³/mol. The van der Waals surface area contributed by atoms with Crippen molar-refractivity contribution in [1.29, 1.82) is 0 Å². The van der Waals surface area contributed by atoms with E-state index in [-0.39, 0.29) is 11.5 Å². The fourth-order valence-corrected chi connectivity index (χ4v) is 0.800. The zero-order valence-corrected chi connectivity index (χ0v) is 7.82. The van der Waals surface area contributed by atoms with E-state index in [4.69, 9.17) is 5.73 Å². The van der Waals surface area contributed by atoms with Gasteiger partial charge in [0, 0.05) is 0 Å². The van der Waals surface area contributed by atoms with Gasteiger partial charge in [0.1, 0.15) is 5.69 Å². The standard InChI is InChI=1S/C7H12N6O/c1-2-3-11-13-12-7-5(6(8)14)9-4-10-7/h4H,2-3H2,1H3,(H2,8,14)(H,9,10)(H,11,12). The molecule has 1 amide bonds. The Bertz CT molecular complexity index is 331. The number of H-pyrrole nitrogens is 1. The summed E-state index contributed by atoms with van der Waals surface area (Å²) in [4.78, 5) is 17.2. The maximum atomic E-state index is 10.8. The Labute approximate surface area is 80.8 Å². The summed E-state index contributed by atoms with van der Waals surface area (Å²) in [7, 11) is 0. The molecule has 0 saturated carbocycles. The largest absolute Gasteiger partial charge is 0.364 e.